The Morgan fingerprint density at radius 2 is 2.18 bits per heavy atom. The van der Waals surface area contributed by atoms with Crippen LogP contribution < -0.4 is 5.73 Å². The van der Waals surface area contributed by atoms with Crippen molar-refractivity contribution in [1.29, 1.82) is 0 Å². The van der Waals surface area contributed by atoms with Crippen LogP contribution in [0.4, 0.5) is 0 Å². The van der Waals surface area contributed by atoms with E-state index in [9.17, 15) is 0 Å². The first-order valence-electron chi connectivity index (χ1n) is 5.81. The van der Waals surface area contributed by atoms with Crippen molar-refractivity contribution in [3.63, 3.8) is 0 Å². The Balaban J connectivity index is 2.48. The van der Waals surface area contributed by atoms with Gasteiger partial charge in [-0.2, -0.15) is 5.10 Å². The highest BCUT2D eigenvalue weighted by atomic mass is 15.3. The number of pyridine rings is 1. The van der Waals surface area contributed by atoms with Gasteiger partial charge >= 0.3 is 0 Å². The van der Waals surface area contributed by atoms with Crippen molar-refractivity contribution in [3.8, 4) is 5.82 Å². The Morgan fingerprint density at radius 1 is 1.41 bits per heavy atom. The molecule has 4 heteroatoms. The van der Waals surface area contributed by atoms with E-state index in [-0.39, 0.29) is 6.04 Å². The van der Waals surface area contributed by atoms with Gasteiger partial charge in [-0.1, -0.05) is 6.07 Å². The first kappa shape index (κ1) is 11.8. The van der Waals surface area contributed by atoms with Crippen molar-refractivity contribution in [2.75, 3.05) is 0 Å². The van der Waals surface area contributed by atoms with Crippen molar-refractivity contribution < 1.29 is 0 Å². The number of nitrogens with zero attached hydrogens (tertiary/aromatic N) is 3. The van der Waals surface area contributed by atoms with E-state index in [4.69, 9.17) is 5.73 Å². The summed E-state index contributed by atoms with van der Waals surface area (Å²) in [4.78, 5) is 4.42. The van der Waals surface area contributed by atoms with Crippen LogP contribution in [0.25, 0.3) is 5.82 Å². The molecule has 0 aliphatic heterocycles. The highest BCUT2D eigenvalue weighted by molar-refractivity contribution is 5.35. The van der Waals surface area contributed by atoms with Gasteiger partial charge in [0.2, 0.25) is 0 Å². The van der Waals surface area contributed by atoms with Crippen LogP contribution in [0.1, 0.15) is 23.9 Å². The second-order valence-corrected chi connectivity index (χ2v) is 4.51. The molecule has 17 heavy (non-hydrogen) atoms. The lowest BCUT2D eigenvalue weighted by Gasteiger charge is -2.11. The Morgan fingerprint density at radius 3 is 2.76 bits per heavy atom. The highest BCUT2D eigenvalue weighted by Crippen LogP contribution is 2.15. The normalized spacial score (nSPS) is 12.7. The monoisotopic (exact) mass is 230 g/mol. The van der Waals surface area contributed by atoms with Crippen LogP contribution >= 0.6 is 0 Å². The average molecular weight is 230 g/mol. The van der Waals surface area contributed by atoms with Crippen molar-refractivity contribution in [2.24, 2.45) is 5.73 Å². The number of aromatic nitrogens is 3. The van der Waals surface area contributed by atoms with Crippen molar-refractivity contribution >= 4 is 0 Å². The van der Waals surface area contributed by atoms with Gasteiger partial charge in [-0.25, -0.2) is 9.67 Å². The second kappa shape index (κ2) is 4.67. The third kappa shape index (κ3) is 2.53. The third-order valence-electron chi connectivity index (χ3n) is 2.62. The largest absolute Gasteiger partial charge is 0.328 e. The van der Waals surface area contributed by atoms with Crippen molar-refractivity contribution in [3.05, 3.63) is 41.3 Å². The van der Waals surface area contributed by atoms with Crippen LogP contribution in [0.3, 0.4) is 0 Å². The quantitative estimate of drug-likeness (QED) is 0.874. The summed E-state index contributed by atoms with van der Waals surface area (Å²) in [6, 6.07) is 6.16. The maximum Gasteiger partial charge on any atom is 0.156 e. The summed E-state index contributed by atoms with van der Waals surface area (Å²) in [5.41, 5.74) is 9.08. The number of nitrogens with two attached hydrogens (primary N) is 1. The zero-order valence-corrected chi connectivity index (χ0v) is 10.5. The van der Waals surface area contributed by atoms with E-state index < -0.39 is 0 Å². The van der Waals surface area contributed by atoms with E-state index in [1.807, 2.05) is 37.6 Å². The van der Waals surface area contributed by atoms with Gasteiger partial charge in [0.15, 0.2) is 5.82 Å². The fourth-order valence-electron chi connectivity index (χ4n) is 1.97. The van der Waals surface area contributed by atoms with Crippen LogP contribution in [0.2, 0.25) is 0 Å². The summed E-state index contributed by atoms with van der Waals surface area (Å²) < 4.78 is 1.88. The molecule has 0 saturated carbocycles. The number of hydrogen-bond donors (Lipinski definition) is 1. The Hall–Kier alpha value is -1.68. The molecule has 1 unspecified atom stereocenters. The molecule has 2 heterocycles. The first-order valence-corrected chi connectivity index (χ1v) is 5.81. The van der Waals surface area contributed by atoms with E-state index in [0.717, 1.165) is 29.2 Å². The minimum atomic E-state index is 0.120. The molecule has 2 N–H and O–H groups in total. The summed E-state index contributed by atoms with van der Waals surface area (Å²) >= 11 is 0. The zero-order chi connectivity index (χ0) is 12.4. The molecule has 0 saturated heterocycles. The lowest BCUT2D eigenvalue weighted by atomic mass is 10.1. The van der Waals surface area contributed by atoms with E-state index in [0.29, 0.717) is 0 Å². The number of hydrogen-bond acceptors (Lipinski definition) is 3. The summed E-state index contributed by atoms with van der Waals surface area (Å²) in [5.74, 6) is 0.885. The standard InChI is InChI=1S/C13H18N4/c1-9(14)7-12-5-4-6-15-13(12)17-11(3)8-10(2)16-17/h4-6,8-9H,7,14H2,1-3H3. The smallest absolute Gasteiger partial charge is 0.156 e. The number of aryl methyl sites for hydroxylation is 2. The SMILES string of the molecule is Cc1cc(C)n(-c2ncccc2CC(C)N)n1. The fourth-order valence-corrected chi connectivity index (χ4v) is 1.97. The molecule has 2 aromatic rings. The number of rotatable bonds is 3. The maximum absolute atomic E-state index is 5.86. The minimum Gasteiger partial charge on any atom is -0.328 e. The third-order valence-corrected chi connectivity index (χ3v) is 2.62. The summed E-state index contributed by atoms with van der Waals surface area (Å²) in [6.45, 7) is 6.01. The summed E-state index contributed by atoms with van der Waals surface area (Å²) in [6.07, 6.45) is 2.60. The fraction of sp³-hybridized carbons (Fsp3) is 0.385. The van der Waals surface area contributed by atoms with Crippen LogP contribution in [-0.2, 0) is 6.42 Å². The first-order chi connectivity index (χ1) is 8.08. The Kier molecular flexibility index (Phi) is 3.24. The predicted molar refractivity (Wildman–Crippen MR) is 68.2 cm³/mol. The zero-order valence-electron chi connectivity index (χ0n) is 10.5. The molecule has 90 valence electrons. The molecule has 0 bridgehead atoms. The van der Waals surface area contributed by atoms with Crippen molar-refractivity contribution in [1.82, 2.24) is 14.8 Å². The topological polar surface area (TPSA) is 56.7 Å². The molecule has 0 spiro atoms. The van der Waals surface area contributed by atoms with Crippen molar-refractivity contribution in [2.45, 2.75) is 33.2 Å². The van der Waals surface area contributed by atoms with Crippen LogP contribution in [0.5, 0.6) is 0 Å². The van der Waals surface area contributed by atoms with E-state index >= 15 is 0 Å². The maximum atomic E-state index is 5.86. The van der Waals surface area contributed by atoms with Gasteiger partial charge in [0.25, 0.3) is 0 Å². The Bertz CT molecular complexity index is 514. The molecule has 0 radical (unpaired) electrons. The molecule has 4 nitrogen and oxygen atoms in total. The molecule has 0 aliphatic carbocycles. The second-order valence-electron chi connectivity index (χ2n) is 4.51. The summed E-state index contributed by atoms with van der Waals surface area (Å²) in [5, 5.41) is 4.46. The molecule has 0 aliphatic rings. The molecular formula is C13H18N4. The van der Waals surface area contributed by atoms with Gasteiger partial charge < -0.3 is 5.73 Å². The average Bonchev–Trinajstić information content (AvgIpc) is 2.58. The van der Waals surface area contributed by atoms with Gasteiger partial charge in [-0.15, -0.1) is 0 Å². The minimum absolute atomic E-state index is 0.120. The lowest BCUT2D eigenvalue weighted by Crippen LogP contribution is -2.19. The van der Waals surface area contributed by atoms with Gasteiger partial charge in [0.1, 0.15) is 0 Å². The van der Waals surface area contributed by atoms with Gasteiger partial charge in [-0.05, 0) is 44.9 Å². The molecule has 2 aromatic heterocycles. The molecule has 0 amide bonds. The van der Waals surface area contributed by atoms with Gasteiger partial charge in [0, 0.05) is 17.9 Å². The molecule has 0 aromatic carbocycles. The lowest BCUT2D eigenvalue weighted by molar-refractivity contribution is 0.714. The van der Waals surface area contributed by atoms with Crippen LogP contribution in [-0.4, -0.2) is 20.8 Å². The molecular weight excluding hydrogens is 212 g/mol. The van der Waals surface area contributed by atoms with E-state index in [1.54, 1.807) is 6.20 Å². The Labute approximate surface area is 101 Å². The van der Waals surface area contributed by atoms with Crippen LogP contribution in [0.15, 0.2) is 24.4 Å². The van der Waals surface area contributed by atoms with Crippen LogP contribution in [0, 0.1) is 13.8 Å². The van der Waals surface area contributed by atoms with Gasteiger partial charge in [0.05, 0.1) is 5.69 Å². The summed E-state index contributed by atoms with van der Waals surface area (Å²) in [7, 11) is 0. The molecule has 2 rings (SSSR count). The predicted octanol–water partition coefficient (Wildman–Crippen LogP) is 1.77. The molecule has 0 fully saturated rings. The van der Waals surface area contributed by atoms with E-state index in [1.165, 1.54) is 0 Å². The highest BCUT2D eigenvalue weighted by Gasteiger charge is 2.10. The van der Waals surface area contributed by atoms with E-state index in [2.05, 4.69) is 16.1 Å². The van der Waals surface area contributed by atoms with Gasteiger partial charge in [-0.3, -0.25) is 0 Å². The molecule has 1 atom stereocenters.